The number of benzene rings is 3. The zero-order valence-corrected chi connectivity index (χ0v) is 43.6. The van der Waals surface area contributed by atoms with Crippen LogP contribution in [0.15, 0.2) is 72.4 Å². The lowest BCUT2D eigenvalue weighted by atomic mass is 9.85. The fourth-order valence-corrected chi connectivity index (χ4v) is 10.1. The summed E-state index contributed by atoms with van der Waals surface area (Å²) in [5.74, 6) is -2.55. The van der Waals surface area contributed by atoms with Gasteiger partial charge in [0.1, 0.15) is 35.1 Å². The van der Waals surface area contributed by atoms with Crippen molar-refractivity contribution in [3.05, 3.63) is 101 Å². The summed E-state index contributed by atoms with van der Waals surface area (Å²) in [6.07, 6.45) is 1.32. The topological polar surface area (TPSA) is 256 Å². The molecule has 5 heterocycles. The van der Waals surface area contributed by atoms with Gasteiger partial charge in [0.2, 0.25) is 35.5 Å². The number of carbonyl (C=O) groups excluding carboxylic acids is 6. The number of aliphatic hydroxyl groups is 1. The molecule has 1 unspecified atom stereocenters. The van der Waals surface area contributed by atoms with Gasteiger partial charge in [0.25, 0.3) is 5.91 Å². The molecule has 0 bridgehead atoms. The number of anilines is 5. The number of halogens is 1. The Hall–Kier alpha value is -7.98. The smallest absolute Gasteiger partial charge is 0.256 e. The van der Waals surface area contributed by atoms with E-state index in [1.54, 1.807) is 66.9 Å². The number of β-amino-alcohol motifs (C(OH)–C–C–N with tert-alkyl or cyclic N) is 1. The van der Waals surface area contributed by atoms with E-state index in [0.29, 0.717) is 41.1 Å². The van der Waals surface area contributed by atoms with Gasteiger partial charge in [0.05, 0.1) is 58.2 Å². The number of nitrogens with one attached hydrogen (secondary N) is 6. The molecule has 1 saturated heterocycles. The van der Waals surface area contributed by atoms with Crippen LogP contribution >= 0.6 is 11.3 Å². The Morgan fingerprint density at radius 3 is 2.49 bits per heavy atom. The Morgan fingerprint density at radius 1 is 1.01 bits per heavy atom. The van der Waals surface area contributed by atoms with Crippen LogP contribution in [0, 0.1) is 18.2 Å². The number of amides is 6. The van der Waals surface area contributed by atoms with E-state index in [4.69, 9.17) is 4.74 Å². The number of nitrogens with zero attached hydrogens (tertiary/aromatic N) is 6. The first kappa shape index (κ1) is 53.3. The monoisotopic (exact) mass is 1040 g/mol. The molecule has 394 valence electrons. The number of likely N-dealkylation sites (N-methyl/N-ethyl adjacent to an activating group) is 1. The number of fused-ring (bicyclic) bond motifs is 2. The Kier molecular flexibility index (Phi) is 16.1. The number of aryl methyl sites for hydroxylation is 1. The minimum Gasteiger partial charge on any atom is -0.495 e. The molecule has 0 spiro atoms. The Labute approximate surface area is 436 Å². The van der Waals surface area contributed by atoms with Crippen molar-refractivity contribution in [3.63, 3.8) is 0 Å². The number of aromatic nitrogens is 4. The Morgan fingerprint density at radius 2 is 1.79 bits per heavy atom. The summed E-state index contributed by atoms with van der Waals surface area (Å²) in [5, 5.41) is 25.7. The summed E-state index contributed by atoms with van der Waals surface area (Å²) in [5.41, 5.74) is 6.16. The van der Waals surface area contributed by atoms with Crippen LogP contribution in [0.1, 0.15) is 73.6 Å². The third-order valence-electron chi connectivity index (χ3n) is 13.3. The quantitative estimate of drug-likeness (QED) is 0.0545. The van der Waals surface area contributed by atoms with Crippen molar-refractivity contribution in [2.45, 2.75) is 84.5 Å². The van der Waals surface area contributed by atoms with Crippen LogP contribution in [0.5, 0.6) is 5.75 Å². The van der Waals surface area contributed by atoms with Crippen molar-refractivity contribution >= 4 is 86.6 Å². The highest BCUT2D eigenvalue weighted by Gasteiger charge is 2.44. The molecular formula is C53H61FN12O8S. The van der Waals surface area contributed by atoms with Gasteiger partial charge in [-0.25, -0.2) is 9.37 Å². The minimum absolute atomic E-state index is 0.0459. The number of likely N-dealkylation sites (tertiary alicyclic amines) is 1. The summed E-state index contributed by atoms with van der Waals surface area (Å²) in [6, 6.07) is 15.3. The summed E-state index contributed by atoms with van der Waals surface area (Å²) in [7, 11) is 4.44. The highest BCUT2D eigenvalue weighted by Crippen LogP contribution is 2.39. The molecule has 20 nitrogen and oxygen atoms in total. The molecule has 6 amide bonds. The maximum atomic E-state index is 14.9. The maximum absolute atomic E-state index is 14.9. The maximum Gasteiger partial charge on any atom is 0.256 e. The van der Waals surface area contributed by atoms with Crippen LogP contribution in [0.4, 0.5) is 33.2 Å². The highest BCUT2D eigenvalue weighted by molar-refractivity contribution is 7.13. The summed E-state index contributed by atoms with van der Waals surface area (Å²) < 4.78 is 20.6. The third-order valence-corrected chi connectivity index (χ3v) is 14.3. The number of aromatic amines is 1. The van der Waals surface area contributed by atoms with Gasteiger partial charge in [-0.1, -0.05) is 51.1 Å². The van der Waals surface area contributed by atoms with E-state index in [-0.39, 0.29) is 80.1 Å². The zero-order valence-electron chi connectivity index (χ0n) is 42.8. The number of ether oxygens (including phenoxy) is 1. The van der Waals surface area contributed by atoms with E-state index in [0.717, 1.165) is 27.3 Å². The molecule has 2 aliphatic rings. The van der Waals surface area contributed by atoms with Crippen LogP contribution < -0.4 is 36.2 Å². The number of aliphatic hydroxyl groups excluding tert-OH is 1. The number of hydrogen-bond donors (Lipinski definition) is 7. The van der Waals surface area contributed by atoms with E-state index in [9.17, 15) is 38.3 Å². The number of methoxy groups -OCH3 is 1. The molecule has 8 rings (SSSR count). The van der Waals surface area contributed by atoms with Gasteiger partial charge in [0, 0.05) is 64.9 Å². The van der Waals surface area contributed by atoms with Crippen molar-refractivity contribution in [1.29, 1.82) is 0 Å². The molecule has 6 aromatic rings. The van der Waals surface area contributed by atoms with Crippen LogP contribution in [-0.4, -0.2) is 129 Å². The lowest BCUT2D eigenvalue weighted by Gasteiger charge is -2.35. The van der Waals surface area contributed by atoms with Crippen molar-refractivity contribution in [2.75, 3.05) is 56.4 Å². The number of H-pyrrole nitrogens is 1. The van der Waals surface area contributed by atoms with Gasteiger partial charge in [0.15, 0.2) is 0 Å². The molecule has 3 atom stereocenters. The SMILES string of the molecule is CNC(=O)c1c(F)cccc1Nc1nc(Nc2cc3c(cc2OC)CCN3C(=O)CN(C)C(=O)CCCC(=O)NC(C(=O)N2C[C@H](O)C[C@H]2C(=O)NCc2ccc(-c3scnc3C)cc2)C(C)(C)C)nc2[nH]ccc12. The molecule has 3 aromatic heterocycles. The zero-order chi connectivity index (χ0) is 53.7. The predicted octanol–water partition coefficient (Wildman–Crippen LogP) is 5.71. The van der Waals surface area contributed by atoms with Crippen LogP contribution in [0.25, 0.3) is 21.5 Å². The number of rotatable bonds is 18. The molecule has 75 heavy (non-hydrogen) atoms. The molecule has 0 saturated carbocycles. The van der Waals surface area contributed by atoms with Crippen LogP contribution in [0.2, 0.25) is 0 Å². The second-order valence-corrected chi connectivity index (χ2v) is 20.5. The average molecular weight is 1050 g/mol. The lowest BCUT2D eigenvalue weighted by molar-refractivity contribution is -0.144. The molecule has 3 aromatic carbocycles. The van der Waals surface area contributed by atoms with Crippen molar-refractivity contribution in [2.24, 2.45) is 5.41 Å². The number of carbonyl (C=O) groups is 6. The first-order chi connectivity index (χ1) is 35.8. The van der Waals surface area contributed by atoms with Crippen molar-refractivity contribution < 1.29 is 43.0 Å². The normalized spacial score (nSPS) is 15.5. The summed E-state index contributed by atoms with van der Waals surface area (Å²) in [6.45, 7) is 7.60. The van der Waals surface area contributed by atoms with Gasteiger partial charge in [-0.05, 0) is 72.2 Å². The average Bonchev–Trinajstić information content (AvgIpc) is 4.22. The number of thiazole rings is 1. The van der Waals surface area contributed by atoms with Gasteiger partial charge >= 0.3 is 0 Å². The van der Waals surface area contributed by atoms with Crippen LogP contribution in [-0.2, 0) is 36.9 Å². The highest BCUT2D eigenvalue weighted by atomic mass is 32.1. The van der Waals surface area contributed by atoms with Crippen LogP contribution in [0.3, 0.4) is 0 Å². The third kappa shape index (κ3) is 12.0. The molecular weight excluding hydrogens is 984 g/mol. The molecule has 2 aliphatic heterocycles. The van der Waals surface area contributed by atoms with E-state index in [1.165, 1.54) is 43.1 Å². The largest absolute Gasteiger partial charge is 0.495 e. The van der Waals surface area contributed by atoms with E-state index in [1.807, 2.05) is 37.3 Å². The van der Waals surface area contributed by atoms with Gasteiger partial charge < -0.3 is 56.1 Å². The van der Waals surface area contributed by atoms with Gasteiger partial charge in [-0.15, -0.1) is 11.3 Å². The second-order valence-electron chi connectivity index (χ2n) is 19.7. The fourth-order valence-electron chi connectivity index (χ4n) is 9.25. The second kappa shape index (κ2) is 22.6. The lowest BCUT2D eigenvalue weighted by Crippen LogP contribution is -2.57. The minimum atomic E-state index is -1.04. The van der Waals surface area contributed by atoms with Gasteiger partial charge in [-0.2, -0.15) is 9.97 Å². The van der Waals surface area contributed by atoms with Crippen molar-refractivity contribution in [1.82, 2.24) is 45.7 Å². The Bertz CT molecular complexity index is 3140. The first-order valence-corrected chi connectivity index (χ1v) is 25.4. The van der Waals surface area contributed by atoms with E-state index >= 15 is 0 Å². The molecule has 1 fully saturated rings. The Balaban J connectivity index is 0.851. The van der Waals surface area contributed by atoms with Gasteiger partial charge in [-0.3, -0.25) is 28.8 Å². The predicted molar refractivity (Wildman–Crippen MR) is 282 cm³/mol. The molecule has 22 heteroatoms. The molecule has 0 radical (unpaired) electrons. The van der Waals surface area contributed by atoms with Crippen molar-refractivity contribution in [3.8, 4) is 16.2 Å². The summed E-state index contributed by atoms with van der Waals surface area (Å²) >= 11 is 1.55. The summed E-state index contributed by atoms with van der Waals surface area (Å²) in [4.78, 5) is 103. The van der Waals surface area contributed by atoms with E-state index < -0.39 is 53.0 Å². The number of hydrogen-bond acceptors (Lipinski definition) is 14. The molecule has 0 aliphatic carbocycles. The first-order valence-electron chi connectivity index (χ1n) is 24.5. The molecule has 7 N–H and O–H groups in total. The fraction of sp³-hybridized carbons (Fsp3) is 0.377. The van der Waals surface area contributed by atoms with E-state index in [2.05, 4.69) is 46.5 Å². The standard InChI is InChI=1S/C53H61FN12O8S/c1-29-45(75-28-58-29)31-16-14-30(15-17-31)25-57-49(71)39-23-33(67)26-66(39)51(73)46(53(2,3)4)61-41(68)12-9-13-42(69)64(6)27-43(70)65-21-19-32-22-40(74-7)37(24-38(32)65)60-52-62-47-34(18-20-56-47)48(63-52)59-36-11-8-10-35(54)44(36)50(72)55-5/h8,10-11,14-18,20,22,24,28,33,39,46,67H,9,12-13,19,21,23,25-27H2,1-7H3,(H,55,72)(H,57,71)(H,61,68)(H3,56,59,60,62,63)/t33-,39+,46?/m1/s1.